The van der Waals surface area contributed by atoms with Gasteiger partial charge in [-0.05, 0) is 25.1 Å². The summed E-state index contributed by atoms with van der Waals surface area (Å²) in [4.78, 5) is 16.3. The van der Waals surface area contributed by atoms with Crippen molar-refractivity contribution in [2.75, 3.05) is 6.54 Å². The summed E-state index contributed by atoms with van der Waals surface area (Å²) in [5, 5.41) is 6.03. The third-order valence-electron chi connectivity index (χ3n) is 3.74. The minimum atomic E-state index is -4.51. The molecule has 2 aromatic heterocycles. The Kier molecular flexibility index (Phi) is 4.47. The molecular weight excluding hydrogens is 335 g/mol. The number of para-hydroxylation sites is 2. The molecule has 3 aromatic rings. The van der Waals surface area contributed by atoms with Gasteiger partial charge in [-0.3, -0.25) is 9.48 Å². The Hall–Kier alpha value is -2.84. The first-order valence-corrected chi connectivity index (χ1v) is 7.64. The molecule has 0 atom stereocenters. The highest BCUT2D eigenvalue weighted by molar-refractivity contribution is 5.76. The number of fused-ring (bicyclic) bond motifs is 1. The van der Waals surface area contributed by atoms with Crippen LogP contribution in [0.15, 0.2) is 36.5 Å². The maximum Gasteiger partial charge on any atom is 0.435 e. The number of carbonyl (C=O) groups is 1. The van der Waals surface area contributed by atoms with Gasteiger partial charge in [0.2, 0.25) is 5.91 Å². The monoisotopic (exact) mass is 351 g/mol. The number of nitrogens with one attached hydrogen (secondary N) is 1. The molecule has 0 spiro atoms. The van der Waals surface area contributed by atoms with Crippen molar-refractivity contribution >= 4 is 16.9 Å². The number of amides is 1. The van der Waals surface area contributed by atoms with E-state index in [2.05, 4.69) is 15.4 Å². The van der Waals surface area contributed by atoms with E-state index in [0.717, 1.165) is 33.8 Å². The summed E-state index contributed by atoms with van der Waals surface area (Å²) < 4.78 is 40.4. The van der Waals surface area contributed by atoms with Gasteiger partial charge in [0.05, 0.1) is 11.0 Å². The van der Waals surface area contributed by atoms with Crippen molar-refractivity contribution < 1.29 is 18.0 Å². The molecule has 0 saturated heterocycles. The number of rotatable bonds is 5. The van der Waals surface area contributed by atoms with E-state index >= 15 is 0 Å². The van der Waals surface area contributed by atoms with Gasteiger partial charge in [0.25, 0.3) is 0 Å². The second-order valence-corrected chi connectivity index (χ2v) is 5.55. The standard InChI is InChI=1S/C16H16F3N5O/c1-11-21-12-4-2-3-5-13(12)24(11)9-7-20-15(25)10-23-8-6-14(22-23)16(17,18)19/h2-6,8H,7,9-10H2,1H3,(H,20,25). The van der Waals surface area contributed by atoms with Crippen LogP contribution in [0.2, 0.25) is 0 Å². The van der Waals surface area contributed by atoms with Gasteiger partial charge >= 0.3 is 6.18 Å². The number of hydrogen-bond donors (Lipinski definition) is 1. The average Bonchev–Trinajstić information content (AvgIpc) is 3.12. The van der Waals surface area contributed by atoms with Crippen molar-refractivity contribution in [2.45, 2.75) is 26.2 Å². The number of nitrogens with zero attached hydrogens (tertiary/aromatic N) is 4. The highest BCUT2D eigenvalue weighted by Gasteiger charge is 2.33. The number of imidazole rings is 1. The van der Waals surface area contributed by atoms with E-state index in [9.17, 15) is 18.0 Å². The first kappa shape index (κ1) is 17.0. The molecule has 9 heteroatoms. The highest BCUT2D eigenvalue weighted by Crippen LogP contribution is 2.27. The molecule has 25 heavy (non-hydrogen) atoms. The number of halogens is 3. The van der Waals surface area contributed by atoms with Crippen LogP contribution in [-0.2, 0) is 24.1 Å². The van der Waals surface area contributed by atoms with Crippen LogP contribution in [0.4, 0.5) is 13.2 Å². The fourth-order valence-electron chi connectivity index (χ4n) is 2.59. The highest BCUT2D eigenvalue weighted by atomic mass is 19.4. The summed E-state index contributed by atoms with van der Waals surface area (Å²) in [6.07, 6.45) is -3.38. The van der Waals surface area contributed by atoms with Gasteiger partial charge in [-0.15, -0.1) is 0 Å². The summed E-state index contributed by atoms with van der Waals surface area (Å²) in [5.74, 6) is 0.427. The van der Waals surface area contributed by atoms with Crippen LogP contribution < -0.4 is 5.32 Å². The zero-order chi connectivity index (χ0) is 18.0. The van der Waals surface area contributed by atoms with E-state index in [0.29, 0.717) is 13.1 Å². The summed E-state index contributed by atoms with van der Waals surface area (Å²) in [5.41, 5.74) is 0.833. The molecule has 0 radical (unpaired) electrons. The number of hydrogen-bond acceptors (Lipinski definition) is 3. The zero-order valence-corrected chi connectivity index (χ0v) is 13.4. The number of benzene rings is 1. The Morgan fingerprint density at radius 2 is 2.00 bits per heavy atom. The minimum absolute atomic E-state index is 0.264. The van der Waals surface area contributed by atoms with Gasteiger partial charge in [0.15, 0.2) is 5.69 Å². The third-order valence-corrected chi connectivity index (χ3v) is 3.74. The molecule has 3 rings (SSSR count). The van der Waals surface area contributed by atoms with Crippen molar-refractivity contribution in [1.29, 1.82) is 0 Å². The fourth-order valence-corrected chi connectivity index (χ4v) is 2.59. The lowest BCUT2D eigenvalue weighted by Crippen LogP contribution is -2.31. The van der Waals surface area contributed by atoms with E-state index in [-0.39, 0.29) is 6.54 Å². The Balaban J connectivity index is 1.56. The molecule has 2 heterocycles. The van der Waals surface area contributed by atoms with E-state index in [1.165, 1.54) is 0 Å². The van der Waals surface area contributed by atoms with Crippen LogP contribution in [-0.4, -0.2) is 31.8 Å². The van der Waals surface area contributed by atoms with Gasteiger partial charge < -0.3 is 9.88 Å². The summed E-state index contributed by atoms with van der Waals surface area (Å²) in [6.45, 7) is 2.47. The van der Waals surface area contributed by atoms with Gasteiger partial charge in [0.1, 0.15) is 12.4 Å². The summed E-state index contributed by atoms with van der Waals surface area (Å²) in [7, 11) is 0. The molecule has 0 aliphatic heterocycles. The molecule has 1 N–H and O–H groups in total. The quantitative estimate of drug-likeness (QED) is 0.768. The van der Waals surface area contributed by atoms with E-state index < -0.39 is 17.8 Å². The molecule has 0 unspecified atom stereocenters. The Bertz CT molecular complexity index is 897. The second kappa shape index (κ2) is 6.58. The van der Waals surface area contributed by atoms with E-state index in [4.69, 9.17) is 0 Å². The topological polar surface area (TPSA) is 64.7 Å². The molecular formula is C16H16F3N5O. The zero-order valence-electron chi connectivity index (χ0n) is 13.4. The van der Waals surface area contributed by atoms with Crippen LogP contribution in [0.25, 0.3) is 11.0 Å². The summed E-state index contributed by atoms with van der Waals surface area (Å²) >= 11 is 0. The SMILES string of the molecule is Cc1nc2ccccc2n1CCNC(=O)Cn1ccc(C(F)(F)F)n1. The minimum Gasteiger partial charge on any atom is -0.353 e. The Labute approximate surface area is 141 Å². The summed E-state index contributed by atoms with van der Waals surface area (Å²) in [6, 6.07) is 8.51. The lowest BCUT2D eigenvalue weighted by molar-refractivity contribution is -0.141. The van der Waals surface area contributed by atoms with Gasteiger partial charge in [-0.2, -0.15) is 18.3 Å². The first-order chi connectivity index (χ1) is 11.8. The van der Waals surface area contributed by atoms with Crippen LogP contribution in [0, 0.1) is 6.92 Å². The number of alkyl halides is 3. The van der Waals surface area contributed by atoms with Crippen LogP contribution >= 0.6 is 0 Å². The molecule has 1 aromatic carbocycles. The average molecular weight is 351 g/mol. The molecule has 1 amide bonds. The molecule has 0 fully saturated rings. The van der Waals surface area contributed by atoms with Crippen LogP contribution in [0.1, 0.15) is 11.5 Å². The smallest absolute Gasteiger partial charge is 0.353 e. The van der Waals surface area contributed by atoms with Crippen molar-refractivity contribution in [3.8, 4) is 0 Å². The molecule has 6 nitrogen and oxygen atoms in total. The molecule has 0 aliphatic rings. The maximum atomic E-state index is 12.5. The largest absolute Gasteiger partial charge is 0.435 e. The molecule has 0 aliphatic carbocycles. The van der Waals surface area contributed by atoms with Crippen LogP contribution in [0.5, 0.6) is 0 Å². The van der Waals surface area contributed by atoms with Crippen molar-refractivity contribution in [1.82, 2.24) is 24.6 Å². The number of carbonyl (C=O) groups excluding carboxylic acids is 1. The lowest BCUT2D eigenvalue weighted by atomic mass is 10.3. The molecule has 0 saturated carbocycles. The van der Waals surface area contributed by atoms with Crippen molar-refractivity contribution in [3.63, 3.8) is 0 Å². The number of aromatic nitrogens is 4. The Morgan fingerprint density at radius 1 is 1.24 bits per heavy atom. The Morgan fingerprint density at radius 3 is 2.72 bits per heavy atom. The second-order valence-electron chi connectivity index (χ2n) is 5.55. The molecule has 132 valence electrons. The van der Waals surface area contributed by atoms with Crippen molar-refractivity contribution in [3.05, 3.63) is 48.0 Å². The van der Waals surface area contributed by atoms with Gasteiger partial charge in [-0.1, -0.05) is 12.1 Å². The predicted octanol–water partition coefficient (Wildman–Crippen LogP) is 2.38. The van der Waals surface area contributed by atoms with Gasteiger partial charge in [-0.25, -0.2) is 4.98 Å². The van der Waals surface area contributed by atoms with Crippen molar-refractivity contribution in [2.24, 2.45) is 0 Å². The fraction of sp³-hybridized carbons (Fsp3) is 0.312. The van der Waals surface area contributed by atoms with Crippen LogP contribution in [0.3, 0.4) is 0 Å². The lowest BCUT2D eigenvalue weighted by Gasteiger charge is -2.09. The van der Waals surface area contributed by atoms with E-state index in [1.807, 2.05) is 35.8 Å². The predicted molar refractivity (Wildman–Crippen MR) is 84.7 cm³/mol. The van der Waals surface area contributed by atoms with Gasteiger partial charge in [0, 0.05) is 19.3 Å². The normalized spacial score (nSPS) is 11.8. The van der Waals surface area contributed by atoms with E-state index in [1.54, 1.807) is 0 Å². The first-order valence-electron chi connectivity index (χ1n) is 7.64. The number of aryl methyl sites for hydroxylation is 1. The molecule has 0 bridgehead atoms. The maximum absolute atomic E-state index is 12.5. The third kappa shape index (κ3) is 3.81.